The van der Waals surface area contributed by atoms with Crippen molar-refractivity contribution in [2.75, 3.05) is 11.6 Å². The summed E-state index contributed by atoms with van der Waals surface area (Å²) in [5, 5.41) is 7.40. The Hall–Kier alpha value is -2.65. The molecule has 1 aromatic heterocycles. The molecule has 0 spiro atoms. The Labute approximate surface area is 179 Å². The van der Waals surface area contributed by atoms with Gasteiger partial charge in [0.25, 0.3) is 11.5 Å². The van der Waals surface area contributed by atoms with Crippen LogP contribution in [0.25, 0.3) is 0 Å². The van der Waals surface area contributed by atoms with E-state index >= 15 is 0 Å². The molecule has 2 atom stereocenters. The Balaban J connectivity index is 1.73. The van der Waals surface area contributed by atoms with E-state index in [4.69, 9.17) is 11.6 Å². The molecular formula is C20H23ClN4O4S. The largest absolute Gasteiger partial charge is 0.372 e. The lowest BCUT2D eigenvalue weighted by molar-refractivity contribution is 0.0936. The number of nitrogens with zero attached hydrogens (tertiary/aromatic N) is 1. The number of anilines is 1. The van der Waals surface area contributed by atoms with Crippen molar-refractivity contribution in [2.24, 2.45) is 5.92 Å². The number of amides is 1. The molecule has 1 fully saturated rings. The number of H-pyrrole nitrogens is 1. The summed E-state index contributed by atoms with van der Waals surface area (Å²) in [5.41, 5.74) is 0.676. The normalized spacial score (nSPS) is 16.2. The van der Waals surface area contributed by atoms with Gasteiger partial charge in [-0.1, -0.05) is 35.9 Å². The maximum atomic E-state index is 12.5. The third-order valence-electron chi connectivity index (χ3n) is 4.63. The SMILES string of the molecule is C[C@H](/C=C/S(C)(=O)=O)NC(=O)c1ncc(NC(c2ccccc2Cl)C2CC2)c(=O)[nH]1. The molecule has 30 heavy (non-hydrogen) atoms. The van der Waals surface area contributed by atoms with Crippen LogP contribution in [0.3, 0.4) is 0 Å². The number of halogens is 1. The van der Waals surface area contributed by atoms with E-state index in [1.165, 1.54) is 12.3 Å². The highest BCUT2D eigenvalue weighted by Crippen LogP contribution is 2.44. The Kier molecular flexibility index (Phi) is 6.62. The van der Waals surface area contributed by atoms with E-state index in [9.17, 15) is 18.0 Å². The molecule has 1 saturated carbocycles. The lowest BCUT2D eigenvalue weighted by atomic mass is 10.0. The van der Waals surface area contributed by atoms with Gasteiger partial charge in [-0.3, -0.25) is 9.59 Å². The monoisotopic (exact) mass is 450 g/mol. The third-order valence-corrected chi connectivity index (χ3v) is 5.63. The summed E-state index contributed by atoms with van der Waals surface area (Å²) in [6.45, 7) is 1.61. The van der Waals surface area contributed by atoms with Crippen LogP contribution in [0.15, 0.2) is 46.7 Å². The van der Waals surface area contributed by atoms with Gasteiger partial charge in [0.05, 0.1) is 12.2 Å². The predicted molar refractivity (Wildman–Crippen MR) is 116 cm³/mol. The molecule has 160 valence electrons. The number of hydrogen-bond acceptors (Lipinski definition) is 6. The van der Waals surface area contributed by atoms with Gasteiger partial charge in [0.15, 0.2) is 15.7 Å². The van der Waals surface area contributed by atoms with Gasteiger partial charge in [-0.15, -0.1) is 0 Å². The number of nitrogens with one attached hydrogen (secondary N) is 3. The summed E-state index contributed by atoms with van der Waals surface area (Å²) in [6, 6.07) is 6.80. The van der Waals surface area contributed by atoms with Crippen LogP contribution in [-0.4, -0.2) is 36.6 Å². The number of aromatic nitrogens is 2. The highest BCUT2D eigenvalue weighted by molar-refractivity contribution is 7.93. The first kappa shape index (κ1) is 22.0. The van der Waals surface area contributed by atoms with Gasteiger partial charge < -0.3 is 15.6 Å². The van der Waals surface area contributed by atoms with Gasteiger partial charge in [-0.05, 0) is 37.3 Å². The van der Waals surface area contributed by atoms with Crippen molar-refractivity contribution >= 4 is 33.0 Å². The van der Waals surface area contributed by atoms with E-state index in [1.54, 1.807) is 6.92 Å². The van der Waals surface area contributed by atoms with Gasteiger partial charge in [0, 0.05) is 22.7 Å². The van der Waals surface area contributed by atoms with E-state index in [1.807, 2.05) is 24.3 Å². The molecule has 1 aliphatic carbocycles. The van der Waals surface area contributed by atoms with E-state index in [0.717, 1.165) is 30.1 Å². The zero-order chi connectivity index (χ0) is 21.9. The van der Waals surface area contributed by atoms with E-state index < -0.39 is 27.3 Å². The topological polar surface area (TPSA) is 121 Å². The number of rotatable bonds is 8. The Morgan fingerprint density at radius 3 is 2.63 bits per heavy atom. The average molecular weight is 451 g/mol. The zero-order valence-corrected chi connectivity index (χ0v) is 18.1. The summed E-state index contributed by atoms with van der Waals surface area (Å²) in [6.07, 6.45) is 5.78. The molecular weight excluding hydrogens is 428 g/mol. The molecule has 3 rings (SSSR count). The molecule has 2 aromatic rings. The van der Waals surface area contributed by atoms with Crippen molar-refractivity contribution in [3.05, 3.63) is 68.7 Å². The Morgan fingerprint density at radius 1 is 1.33 bits per heavy atom. The number of hydrogen-bond donors (Lipinski definition) is 3. The fourth-order valence-electron chi connectivity index (χ4n) is 2.97. The van der Waals surface area contributed by atoms with Crippen molar-refractivity contribution in [1.82, 2.24) is 15.3 Å². The zero-order valence-electron chi connectivity index (χ0n) is 16.6. The molecule has 0 bridgehead atoms. The van der Waals surface area contributed by atoms with Crippen LogP contribution in [-0.2, 0) is 9.84 Å². The van der Waals surface area contributed by atoms with Crippen LogP contribution in [0.4, 0.5) is 5.69 Å². The quantitative estimate of drug-likeness (QED) is 0.568. The van der Waals surface area contributed by atoms with Crippen LogP contribution in [0, 0.1) is 5.92 Å². The maximum absolute atomic E-state index is 12.5. The van der Waals surface area contributed by atoms with Crippen molar-refractivity contribution in [3.63, 3.8) is 0 Å². The lowest BCUT2D eigenvalue weighted by Crippen LogP contribution is -2.34. The Bertz CT molecular complexity index is 1130. The summed E-state index contributed by atoms with van der Waals surface area (Å²) >= 11 is 6.33. The third kappa shape index (κ3) is 5.93. The first-order valence-corrected chi connectivity index (χ1v) is 11.8. The highest BCUT2D eigenvalue weighted by Gasteiger charge is 2.34. The second-order valence-electron chi connectivity index (χ2n) is 7.38. The molecule has 0 aliphatic heterocycles. The molecule has 1 amide bonds. The second-order valence-corrected chi connectivity index (χ2v) is 9.71. The second kappa shape index (κ2) is 9.01. The molecule has 1 unspecified atom stereocenters. The molecule has 1 heterocycles. The molecule has 10 heteroatoms. The van der Waals surface area contributed by atoms with Crippen LogP contribution in [0.1, 0.15) is 42.0 Å². The number of carbonyl (C=O) groups excluding carboxylic acids is 1. The molecule has 0 saturated heterocycles. The minimum Gasteiger partial charge on any atom is -0.372 e. The summed E-state index contributed by atoms with van der Waals surface area (Å²) in [5.74, 6) is -0.408. The van der Waals surface area contributed by atoms with Crippen molar-refractivity contribution in [1.29, 1.82) is 0 Å². The standard InChI is InChI=1S/C20H23ClN4O4S/c1-12(9-10-30(2,28)29)23-20(27)18-22-11-16(19(26)25-18)24-17(13-7-8-13)14-5-3-4-6-15(14)21/h3-6,9-13,17,24H,7-8H2,1-2H3,(H,23,27)(H,22,25,26)/b10-9+/t12-,17?/m1/s1. The van der Waals surface area contributed by atoms with Gasteiger partial charge >= 0.3 is 0 Å². The number of carbonyl (C=O) groups is 1. The van der Waals surface area contributed by atoms with Crippen LogP contribution in [0.5, 0.6) is 0 Å². The maximum Gasteiger partial charge on any atom is 0.287 e. The van der Waals surface area contributed by atoms with Gasteiger partial charge in [0.2, 0.25) is 0 Å². The minimum absolute atomic E-state index is 0.123. The molecule has 1 aliphatic rings. The summed E-state index contributed by atoms with van der Waals surface area (Å²) in [7, 11) is -3.29. The average Bonchev–Trinajstić information content (AvgIpc) is 3.51. The number of aromatic amines is 1. The summed E-state index contributed by atoms with van der Waals surface area (Å²) in [4.78, 5) is 31.3. The number of benzene rings is 1. The van der Waals surface area contributed by atoms with E-state index in [0.29, 0.717) is 10.9 Å². The predicted octanol–water partition coefficient (Wildman–Crippen LogP) is 2.66. The van der Waals surface area contributed by atoms with Crippen LogP contribution < -0.4 is 16.2 Å². The molecule has 1 aromatic carbocycles. The molecule has 3 N–H and O–H groups in total. The minimum atomic E-state index is -3.29. The van der Waals surface area contributed by atoms with Crippen molar-refractivity contribution in [2.45, 2.75) is 31.8 Å². The van der Waals surface area contributed by atoms with Crippen molar-refractivity contribution in [3.8, 4) is 0 Å². The lowest BCUT2D eigenvalue weighted by Gasteiger charge is -2.20. The fourth-order valence-corrected chi connectivity index (χ4v) is 3.75. The highest BCUT2D eigenvalue weighted by atomic mass is 35.5. The molecule has 8 nitrogen and oxygen atoms in total. The van der Waals surface area contributed by atoms with Gasteiger partial charge in [-0.25, -0.2) is 13.4 Å². The molecule has 0 radical (unpaired) electrons. The first-order valence-electron chi connectivity index (χ1n) is 9.43. The first-order chi connectivity index (χ1) is 14.1. The van der Waals surface area contributed by atoms with Crippen LogP contribution >= 0.6 is 11.6 Å². The van der Waals surface area contributed by atoms with Crippen molar-refractivity contribution < 1.29 is 13.2 Å². The smallest absolute Gasteiger partial charge is 0.287 e. The van der Waals surface area contributed by atoms with Gasteiger partial charge in [-0.2, -0.15) is 0 Å². The van der Waals surface area contributed by atoms with Crippen LogP contribution in [0.2, 0.25) is 5.02 Å². The van der Waals surface area contributed by atoms with E-state index in [-0.39, 0.29) is 17.6 Å². The van der Waals surface area contributed by atoms with E-state index in [2.05, 4.69) is 20.6 Å². The van der Waals surface area contributed by atoms with Gasteiger partial charge in [0.1, 0.15) is 5.69 Å². The Morgan fingerprint density at radius 2 is 2.03 bits per heavy atom. The summed E-state index contributed by atoms with van der Waals surface area (Å²) < 4.78 is 22.3. The fraction of sp³-hybridized carbons (Fsp3) is 0.350. The number of sulfone groups is 1.